The summed E-state index contributed by atoms with van der Waals surface area (Å²) < 4.78 is 0. The second-order valence-corrected chi connectivity index (χ2v) is 19.5. The van der Waals surface area contributed by atoms with Gasteiger partial charge in [0.15, 0.2) is 0 Å². The van der Waals surface area contributed by atoms with Crippen LogP contribution >= 0.6 is 0 Å². The summed E-state index contributed by atoms with van der Waals surface area (Å²) in [6.45, 7) is 39.7. The van der Waals surface area contributed by atoms with Crippen LogP contribution < -0.4 is 10.6 Å². The van der Waals surface area contributed by atoms with Gasteiger partial charge in [0.1, 0.15) is 0 Å². The Morgan fingerprint density at radius 2 is 0.587 bits per heavy atom. The first kappa shape index (κ1) is 37.3. The molecule has 2 N–H and O–H groups in total. The minimum absolute atomic E-state index is 0.0410. The van der Waals surface area contributed by atoms with E-state index in [0.717, 1.165) is 33.6 Å². The maximum atomic E-state index is 13.8. The van der Waals surface area contributed by atoms with Crippen LogP contribution in [-0.2, 0) is 42.1 Å². The second kappa shape index (κ2) is 11.8. The Kier molecular flexibility index (Phi) is 9.60. The highest BCUT2D eigenvalue weighted by molar-refractivity contribution is 6.22. The van der Waals surface area contributed by atoms with Gasteiger partial charge in [0, 0.05) is 23.5 Å². The monoisotopic (exact) mass is 626 g/mol. The number of anilines is 2. The normalized spacial score (nSPS) is 15.5. The number of hydrogen-bond acceptors (Lipinski definition) is 4. The Morgan fingerprint density at radius 3 is 0.761 bits per heavy atom. The lowest BCUT2D eigenvalue weighted by Crippen LogP contribution is -2.28. The number of carbonyl (C=O) groups excluding carboxylic acids is 2. The SMILES string of the molecule is CC(C)(C)c1cc(C(C)(C)C)c(NC2=CC(=O)C(Nc3c(C(C)(C)C)cc(C(C)(C)C)cc3C(C)(C)C)=CC2=O)c(C(C)(C)C)c1. The van der Waals surface area contributed by atoms with E-state index in [1.165, 1.54) is 23.3 Å². The zero-order valence-corrected chi connectivity index (χ0v) is 32.3. The Morgan fingerprint density at radius 1 is 0.370 bits per heavy atom. The van der Waals surface area contributed by atoms with Crippen LogP contribution in [-0.4, -0.2) is 11.6 Å². The summed E-state index contributed by atoms with van der Waals surface area (Å²) >= 11 is 0. The van der Waals surface area contributed by atoms with Crippen molar-refractivity contribution in [1.82, 2.24) is 0 Å². The number of carbonyl (C=O) groups is 2. The number of rotatable bonds is 4. The molecule has 0 aliphatic heterocycles. The zero-order valence-electron chi connectivity index (χ0n) is 32.3. The van der Waals surface area contributed by atoms with Crippen LogP contribution in [0, 0.1) is 0 Å². The predicted octanol–water partition coefficient (Wildman–Crippen LogP) is 10.9. The van der Waals surface area contributed by atoms with Gasteiger partial charge in [-0.25, -0.2) is 0 Å². The van der Waals surface area contributed by atoms with Crippen LogP contribution in [0.15, 0.2) is 47.8 Å². The van der Waals surface area contributed by atoms with Crippen molar-refractivity contribution in [2.45, 2.75) is 157 Å². The molecule has 4 heteroatoms. The molecule has 252 valence electrons. The van der Waals surface area contributed by atoms with Gasteiger partial charge >= 0.3 is 0 Å². The van der Waals surface area contributed by atoms with Gasteiger partial charge in [0.05, 0.1) is 11.4 Å². The number of allylic oxidation sites excluding steroid dienone is 2. The summed E-state index contributed by atoms with van der Waals surface area (Å²) in [4.78, 5) is 27.7. The highest BCUT2D eigenvalue weighted by Gasteiger charge is 2.33. The molecule has 0 amide bonds. The first-order valence-corrected chi connectivity index (χ1v) is 16.9. The molecule has 3 rings (SSSR count). The molecule has 0 fully saturated rings. The van der Waals surface area contributed by atoms with Crippen molar-refractivity contribution < 1.29 is 9.59 Å². The van der Waals surface area contributed by atoms with E-state index in [9.17, 15) is 9.59 Å². The van der Waals surface area contributed by atoms with E-state index in [0.29, 0.717) is 11.4 Å². The fraction of sp³-hybridized carbons (Fsp3) is 0.571. The quantitative estimate of drug-likeness (QED) is 0.332. The van der Waals surface area contributed by atoms with Crippen molar-refractivity contribution in [1.29, 1.82) is 0 Å². The third-order valence-electron chi connectivity index (χ3n) is 8.84. The Hall–Kier alpha value is -3.14. The summed E-state index contributed by atoms with van der Waals surface area (Å²) in [5, 5.41) is 6.98. The van der Waals surface area contributed by atoms with Crippen LogP contribution in [0.3, 0.4) is 0 Å². The lowest BCUT2D eigenvalue weighted by molar-refractivity contribution is -0.115. The van der Waals surface area contributed by atoms with Crippen molar-refractivity contribution in [2.24, 2.45) is 0 Å². The molecule has 1 aliphatic rings. The average Bonchev–Trinajstić information content (AvgIpc) is 2.83. The third-order valence-corrected chi connectivity index (χ3v) is 8.84. The zero-order chi connectivity index (χ0) is 35.6. The molecular weight excluding hydrogens is 564 g/mol. The van der Waals surface area contributed by atoms with E-state index in [2.05, 4.69) is 160 Å². The van der Waals surface area contributed by atoms with Crippen molar-refractivity contribution in [3.63, 3.8) is 0 Å². The van der Waals surface area contributed by atoms with Crippen LogP contribution in [0.1, 0.15) is 158 Å². The van der Waals surface area contributed by atoms with Gasteiger partial charge in [-0.05, 0) is 65.9 Å². The maximum absolute atomic E-state index is 13.8. The van der Waals surface area contributed by atoms with E-state index in [1.54, 1.807) is 0 Å². The van der Waals surface area contributed by atoms with Crippen molar-refractivity contribution >= 4 is 22.9 Å². The molecule has 0 spiro atoms. The molecular formula is C42H62N2O2. The second-order valence-electron chi connectivity index (χ2n) is 19.5. The number of hydrogen-bond donors (Lipinski definition) is 2. The van der Waals surface area contributed by atoms with Gasteiger partial charge in [0.25, 0.3) is 0 Å². The number of ketones is 2. The van der Waals surface area contributed by atoms with Gasteiger partial charge in [0.2, 0.25) is 11.6 Å². The van der Waals surface area contributed by atoms with Gasteiger partial charge in [-0.1, -0.05) is 149 Å². The molecule has 2 aromatic rings. The summed E-state index contributed by atoms with van der Waals surface area (Å²) in [5.74, 6) is -0.440. The third kappa shape index (κ3) is 8.22. The predicted molar refractivity (Wildman–Crippen MR) is 199 cm³/mol. The van der Waals surface area contributed by atoms with Gasteiger partial charge in [-0.15, -0.1) is 0 Å². The fourth-order valence-electron chi connectivity index (χ4n) is 5.81. The first-order valence-electron chi connectivity index (χ1n) is 16.9. The molecule has 1 aliphatic carbocycles. The van der Waals surface area contributed by atoms with Gasteiger partial charge in [-0.2, -0.15) is 0 Å². The molecule has 0 unspecified atom stereocenters. The first-order chi connectivity index (χ1) is 20.4. The molecule has 0 radical (unpaired) electrons. The van der Waals surface area contributed by atoms with E-state index >= 15 is 0 Å². The maximum Gasteiger partial charge on any atom is 0.204 e. The van der Waals surface area contributed by atoms with Gasteiger partial charge in [-0.3, -0.25) is 9.59 Å². The topological polar surface area (TPSA) is 58.2 Å². The number of benzene rings is 2. The molecule has 0 aromatic heterocycles. The minimum atomic E-state index is -0.220. The van der Waals surface area contributed by atoms with E-state index in [1.807, 2.05) is 0 Å². The molecule has 46 heavy (non-hydrogen) atoms. The molecule has 0 bridgehead atoms. The van der Waals surface area contributed by atoms with Crippen LogP contribution in [0.2, 0.25) is 0 Å². The summed E-state index contributed by atoms with van der Waals surface area (Å²) in [7, 11) is 0. The summed E-state index contributed by atoms with van der Waals surface area (Å²) in [5.41, 5.74) is 8.57. The van der Waals surface area contributed by atoms with Crippen molar-refractivity contribution in [3.8, 4) is 0 Å². The Labute approximate surface area is 280 Å². The van der Waals surface area contributed by atoms with E-state index in [-0.39, 0.29) is 44.1 Å². The van der Waals surface area contributed by atoms with Crippen LogP contribution in [0.4, 0.5) is 11.4 Å². The average molecular weight is 627 g/mol. The molecule has 0 heterocycles. The van der Waals surface area contributed by atoms with Crippen molar-refractivity contribution in [2.75, 3.05) is 10.6 Å². The highest BCUT2D eigenvalue weighted by Crippen LogP contribution is 2.44. The molecule has 0 saturated carbocycles. The standard InChI is InChI=1S/C42H62N2O2/c1-37(2,3)25-19-27(39(7,8)9)35(28(20-25)40(10,11)12)43-31-23-34(46)32(24-33(31)45)44-36-29(41(13,14)15)21-26(38(4,5)6)22-30(36)42(16,17)18/h19-24,43-44H,1-18H3. The largest absolute Gasteiger partial charge is 0.352 e. The van der Waals surface area contributed by atoms with Crippen LogP contribution in [0.25, 0.3) is 0 Å². The smallest absolute Gasteiger partial charge is 0.204 e. The molecule has 4 nitrogen and oxygen atoms in total. The molecule has 0 atom stereocenters. The lowest BCUT2D eigenvalue weighted by atomic mass is 9.74. The summed E-state index contributed by atoms with van der Waals surface area (Å²) in [6.07, 6.45) is 2.94. The fourth-order valence-corrected chi connectivity index (χ4v) is 5.81. The highest BCUT2D eigenvalue weighted by atomic mass is 16.1. The summed E-state index contributed by atoms with van der Waals surface area (Å²) in [6, 6.07) is 9.05. The Balaban J connectivity index is 2.16. The molecule has 2 aromatic carbocycles. The minimum Gasteiger partial charge on any atom is -0.352 e. The van der Waals surface area contributed by atoms with Gasteiger partial charge < -0.3 is 10.6 Å². The van der Waals surface area contributed by atoms with E-state index < -0.39 is 0 Å². The lowest BCUT2D eigenvalue weighted by Gasteiger charge is -2.35. The Bertz CT molecular complexity index is 1400. The van der Waals surface area contributed by atoms with Crippen LogP contribution in [0.5, 0.6) is 0 Å². The van der Waals surface area contributed by atoms with Crippen molar-refractivity contribution in [3.05, 3.63) is 81.2 Å². The number of nitrogens with one attached hydrogen (secondary N) is 2. The van der Waals surface area contributed by atoms with E-state index in [4.69, 9.17) is 0 Å². The molecule has 0 saturated heterocycles.